The molecule has 3 aromatic rings. The molecule has 0 fully saturated rings. The quantitative estimate of drug-likeness (QED) is 0.300. The van der Waals surface area contributed by atoms with Gasteiger partial charge in [0.1, 0.15) is 0 Å². The molecule has 3 aromatic carbocycles. The number of benzene rings is 3. The third-order valence-electron chi connectivity index (χ3n) is 7.22. The molecule has 0 unspecified atom stereocenters. The van der Waals surface area contributed by atoms with Gasteiger partial charge in [-0.1, -0.05) is 112 Å². The maximum Gasteiger partial charge on any atom is 0.192 e. The van der Waals surface area contributed by atoms with E-state index in [1.807, 2.05) is 78.9 Å². The second-order valence-corrected chi connectivity index (χ2v) is 15.6. The molecule has 0 heterocycles. The third kappa shape index (κ3) is 7.60. The van der Waals surface area contributed by atoms with Gasteiger partial charge in [0.2, 0.25) is 0 Å². The van der Waals surface area contributed by atoms with Crippen molar-refractivity contribution >= 4 is 8.32 Å². The van der Waals surface area contributed by atoms with Crippen LogP contribution in [0.1, 0.15) is 55.7 Å². The first kappa shape index (κ1) is 27.3. The van der Waals surface area contributed by atoms with Crippen molar-refractivity contribution < 1.29 is 14.6 Å². The van der Waals surface area contributed by atoms with E-state index in [-0.39, 0.29) is 11.1 Å². The van der Waals surface area contributed by atoms with Crippen molar-refractivity contribution in [2.24, 2.45) is 0 Å². The van der Waals surface area contributed by atoms with Gasteiger partial charge >= 0.3 is 0 Å². The SMILES string of the molecule is CC(C)(C)[Si](C)(C)OC[C@H](c1ccccc1)N(C[C@H](O)c1ccccc1)C[C@H](O)c1ccccc1. The second kappa shape index (κ2) is 12.1. The molecule has 0 spiro atoms. The van der Waals surface area contributed by atoms with Crippen LogP contribution in [0.4, 0.5) is 0 Å². The van der Waals surface area contributed by atoms with Crippen molar-refractivity contribution in [3.05, 3.63) is 108 Å². The van der Waals surface area contributed by atoms with Crippen LogP contribution in [-0.4, -0.2) is 43.1 Å². The molecule has 3 atom stereocenters. The molecule has 35 heavy (non-hydrogen) atoms. The molecule has 5 heteroatoms. The highest BCUT2D eigenvalue weighted by molar-refractivity contribution is 6.74. The van der Waals surface area contributed by atoms with E-state index < -0.39 is 20.5 Å². The van der Waals surface area contributed by atoms with E-state index in [1.54, 1.807) is 0 Å². The van der Waals surface area contributed by atoms with Crippen molar-refractivity contribution in [1.82, 2.24) is 4.90 Å². The minimum Gasteiger partial charge on any atom is -0.415 e. The summed E-state index contributed by atoms with van der Waals surface area (Å²) in [5.41, 5.74) is 2.85. The molecule has 0 saturated heterocycles. The fraction of sp³-hybridized carbons (Fsp3) is 0.400. The molecule has 188 valence electrons. The Labute approximate surface area is 212 Å². The average molecular weight is 492 g/mol. The second-order valence-electron chi connectivity index (χ2n) is 10.8. The fourth-order valence-electron chi connectivity index (χ4n) is 3.93. The zero-order chi connectivity index (χ0) is 25.5. The van der Waals surface area contributed by atoms with E-state index in [4.69, 9.17) is 4.43 Å². The van der Waals surface area contributed by atoms with Gasteiger partial charge in [0.25, 0.3) is 0 Å². The van der Waals surface area contributed by atoms with E-state index in [2.05, 4.69) is 50.9 Å². The van der Waals surface area contributed by atoms with E-state index in [1.165, 1.54) is 0 Å². The van der Waals surface area contributed by atoms with Gasteiger partial charge in [-0.3, -0.25) is 4.90 Å². The molecule has 2 N–H and O–H groups in total. The maximum atomic E-state index is 11.2. The summed E-state index contributed by atoms with van der Waals surface area (Å²) in [6, 6.07) is 29.6. The van der Waals surface area contributed by atoms with Gasteiger partial charge in [0.15, 0.2) is 8.32 Å². The zero-order valence-corrected chi connectivity index (χ0v) is 22.8. The number of rotatable bonds is 11. The van der Waals surface area contributed by atoms with E-state index in [0.717, 1.165) is 16.7 Å². The Morgan fingerprint density at radius 1 is 0.686 bits per heavy atom. The highest BCUT2D eigenvalue weighted by atomic mass is 28.4. The predicted octanol–water partition coefficient (Wildman–Crippen LogP) is 6.52. The normalized spacial score (nSPS) is 15.1. The Kier molecular flexibility index (Phi) is 9.45. The minimum absolute atomic E-state index is 0.0895. The minimum atomic E-state index is -2.01. The van der Waals surface area contributed by atoms with E-state index >= 15 is 0 Å². The Bertz CT molecular complexity index is 959. The Hall–Kier alpha value is -2.28. The highest BCUT2D eigenvalue weighted by Crippen LogP contribution is 2.38. The van der Waals surface area contributed by atoms with Crippen LogP contribution in [0.25, 0.3) is 0 Å². The summed E-state index contributed by atoms with van der Waals surface area (Å²) >= 11 is 0. The van der Waals surface area contributed by atoms with Crippen LogP contribution < -0.4 is 0 Å². The summed E-state index contributed by atoms with van der Waals surface area (Å²) in [6.07, 6.45) is -1.36. The molecule has 0 aliphatic heterocycles. The highest BCUT2D eigenvalue weighted by Gasteiger charge is 2.38. The largest absolute Gasteiger partial charge is 0.415 e. The van der Waals surface area contributed by atoms with Gasteiger partial charge in [-0.25, -0.2) is 0 Å². The van der Waals surface area contributed by atoms with Crippen molar-refractivity contribution in [3.8, 4) is 0 Å². The van der Waals surface area contributed by atoms with Gasteiger partial charge in [-0.05, 0) is 34.8 Å². The molecule has 0 bridgehead atoms. The van der Waals surface area contributed by atoms with Gasteiger partial charge in [-0.2, -0.15) is 0 Å². The Morgan fingerprint density at radius 2 is 1.06 bits per heavy atom. The van der Waals surface area contributed by atoms with Crippen LogP contribution in [0.15, 0.2) is 91.0 Å². The summed E-state index contributed by atoms with van der Waals surface area (Å²) < 4.78 is 6.70. The Morgan fingerprint density at radius 3 is 1.43 bits per heavy atom. The summed E-state index contributed by atoms with van der Waals surface area (Å²) in [5, 5.41) is 22.4. The van der Waals surface area contributed by atoms with Crippen LogP contribution in [0.3, 0.4) is 0 Å². The molecule has 0 aliphatic rings. The predicted molar refractivity (Wildman–Crippen MR) is 147 cm³/mol. The summed E-state index contributed by atoms with van der Waals surface area (Å²) in [4.78, 5) is 2.18. The lowest BCUT2D eigenvalue weighted by Crippen LogP contribution is -2.45. The summed E-state index contributed by atoms with van der Waals surface area (Å²) in [5.74, 6) is 0. The molecule has 0 aliphatic carbocycles. The van der Waals surface area contributed by atoms with E-state index in [9.17, 15) is 10.2 Å². The molecule has 0 amide bonds. The molecular formula is C30H41NO3Si. The molecule has 4 nitrogen and oxygen atoms in total. The molecule has 0 saturated carbocycles. The number of aliphatic hydroxyl groups excluding tert-OH is 2. The number of hydrogen-bond acceptors (Lipinski definition) is 4. The zero-order valence-electron chi connectivity index (χ0n) is 21.8. The average Bonchev–Trinajstić information content (AvgIpc) is 2.85. The van der Waals surface area contributed by atoms with Crippen LogP contribution in [0.2, 0.25) is 18.1 Å². The number of hydrogen-bond donors (Lipinski definition) is 2. The standard InChI is InChI=1S/C30H41NO3Si/c1-30(2,3)35(4,5)34-23-27(24-15-9-6-10-16-24)31(21-28(32)25-17-11-7-12-18-25)22-29(33)26-19-13-8-14-20-26/h6-20,27-29,32-33H,21-23H2,1-5H3/t27-,28+,29+/m1/s1. The molecule has 0 radical (unpaired) electrons. The Balaban J connectivity index is 1.93. The first-order valence-corrected chi connectivity index (χ1v) is 15.4. The first-order valence-electron chi connectivity index (χ1n) is 12.5. The maximum absolute atomic E-state index is 11.2. The van der Waals surface area contributed by atoms with Crippen molar-refractivity contribution in [2.75, 3.05) is 19.7 Å². The van der Waals surface area contributed by atoms with Gasteiger partial charge in [0, 0.05) is 13.1 Å². The number of nitrogens with zero attached hydrogens (tertiary/aromatic N) is 1. The topological polar surface area (TPSA) is 52.9 Å². The van der Waals surface area contributed by atoms with Crippen molar-refractivity contribution in [3.63, 3.8) is 0 Å². The first-order chi connectivity index (χ1) is 16.6. The lowest BCUT2D eigenvalue weighted by atomic mass is 10.0. The van der Waals surface area contributed by atoms with Gasteiger partial charge in [0.05, 0.1) is 24.9 Å². The lowest BCUT2D eigenvalue weighted by molar-refractivity contribution is 0.0273. The van der Waals surface area contributed by atoms with Crippen molar-refractivity contribution in [2.45, 2.75) is 57.2 Å². The van der Waals surface area contributed by atoms with Gasteiger partial charge < -0.3 is 14.6 Å². The van der Waals surface area contributed by atoms with E-state index in [0.29, 0.717) is 19.7 Å². The third-order valence-corrected chi connectivity index (χ3v) is 11.7. The molecular weight excluding hydrogens is 450 g/mol. The lowest BCUT2D eigenvalue weighted by Gasteiger charge is -2.40. The monoisotopic (exact) mass is 491 g/mol. The fourth-order valence-corrected chi connectivity index (χ4v) is 4.93. The summed E-state index contributed by atoms with van der Waals surface area (Å²) in [6.45, 7) is 12.5. The van der Waals surface area contributed by atoms with Crippen LogP contribution in [0.5, 0.6) is 0 Å². The summed E-state index contributed by atoms with van der Waals surface area (Å²) in [7, 11) is -2.01. The smallest absolute Gasteiger partial charge is 0.192 e. The van der Waals surface area contributed by atoms with Crippen LogP contribution in [-0.2, 0) is 4.43 Å². The molecule has 3 rings (SSSR count). The van der Waals surface area contributed by atoms with Crippen LogP contribution >= 0.6 is 0 Å². The van der Waals surface area contributed by atoms with Crippen LogP contribution in [0, 0.1) is 0 Å². The van der Waals surface area contributed by atoms with Crippen molar-refractivity contribution in [1.29, 1.82) is 0 Å². The number of aliphatic hydroxyl groups is 2. The van der Waals surface area contributed by atoms with Gasteiger partial charge in [-0.15, -0.1) is 0 Å². The molecule has 0 aromatic heterocycles.